The van der Waals surface area contributed by atoms with Crippen molar-refractivity contribution in [2.45, 2.75) is 166 Å². The Morgan fingerprint density at radius 1 is 0.700 bits per heavy atom. The van der Waals surface area contributed by atoms with Gasteiger partial charge in [-0.15, -0.1) is 0 Å². The Hall–Kier alpha value is -0.810. The Kier molecular flexibility index (Phi) is 23.0. The molecule has 0 spiro atoms. The molecule has 6 unspecified atom stereocenters. The molecule has 1 saturated heterocycles. The first kappa shape index (κ1) is 37.2. The minimum Gasteiger partial charge on any atom is -0.457 e. The fourth-order valence-electron chi connectivity index (χ4n) is 4.90. The van der Waals surface area contributed by atoms with Gasteiger partial charge in [-0.2, -0.15) is 0 Å². The van der Waals surface area contributed by atoms with Crippen molar-refractivity contribution < 1.29 is 44.2 Å². The Morgan fingerprint density at radius 2 is 1.23 bits per heavy atom. The highest BCUT2D eigenvalue weighted by Crippen LogP contribution is 2.22. The van der Waals surface area contributed by atoms with Crippen molar-refractivity contribution in [3.05, 3.63) is 0 Å². The molecule has 9 heteroatoms. The maximum absolute atomic E-state index is 12.5. The van der Waals surface area contributed by atoms with E-state index in [1.54, 1.807) is 0 Å². The standard InChI is InChI=1S/C31H60O9/c1-3-5-7-9-11-12-13-14-15-17-19-21-37-23-25(39-27(33)20-18-16-10-8-6-4-2)24-38-31-30(36)29(35)28(34)26(22-32)40-31/h25-26,28-32,34-36H,3-24H2,1-2H3. The molecule has 0 saturated carbocycles. The zero-order valence-electron chi connectivity index (χ0n) is 25.4. The summed E-state index contributed by atoms with van der Waals surface area (Å²) in [4.78, 5) is 12.5. The third kappa shape index (κ3) is 17.2. The summed E-state index contributed by atoms with van der Waals surface area (Å²) < 4.78 is 22.5. The number of aliphatic hydroxyl groups is 4. The van der Waals surface area contributed by atoms with Crippen LogP contribution in [0.25, 0.3) is 0 Å². The average Bonchev–Trinajstić information content (AvgIpc) is 2.95. The van der Waals surface area contributed by atoms with Gasteiger partial charge in [0.15, 0.2) is 6.29 Å². The van der Waals surface area contributed by atoms with Crippen molar-refractivity contribution in [2.24, 2.45) is 0 Å². The topological polar surface area (TPSA) is 135 Å². The predicted octanol–water partition coefficient (Wildman–Crippen LogP) is 4.79. The molecule has 1 fully saturated rings. The summed E-state index contributed by atoms with van der Waals surface area (Å²) in [6.45, 7) is 4.47. The Balaban J connectivity index is 2.37. The molecule has 0 aliphatic carbocycles. The number of carbonyl (C=O) groups excluding carboxylic acids is 1. The van der Waals surface area contributed by atoms with Crippen molar-refractivity contribution in [1.29, 1.82) is 0 Å². The number of ether oxygens (including phenoxy) is 4. The molecule has 1 aliphatic rings. The fourth-order valence-corrected chi connectivity index (χ4v) is 4.90. The molecule has 0 aromatic heterocycles. The van der Waals surface area contributed by atoms with Gasteiger partial charge in [-0.1, -0.05) is 110 Å². The van der Waals surface area contributed by atoms with E-state index < -0.39 is 43.4 Å². The van der Waals surface area contributed by atoms with E-state index in [-0.39, 0.29) is 19.2 Å². The Labute approximate surface area is 242 Å². The van der Waals surface area contributed by atoms with Crippen LogP contribution in [0.4, 0.5) is 0 Å². The van der Waals surface area contributed by atoms with Crippen LogP contribution in [0.5, 0.6) is 0 Å². The van der Waals surface area contributed by atoms with Crippen molar-refractivity contribution >= 4 is 5.97 Å². The van der Waals surface area contributed by atoms with Crippen molar-refractivity contribution in [3.63, 3.8) is 0 Å². The lowest BCUT2D eigenvalue weighted by Gasteiger charge is -2.39. The van der Waals surface area contributed by atoms with Gasteiger partial charge in [0.1, 0.15) is 30.5 Å². The van der Waals surface area contributed by atoms with Gasteiger partial charge >= 0.3 is 5.97 Å². The van der Waals surface area contributed by atoms with E-state index in [0.717, 1.165) is 32.1 Å². The van der Waals surface area contributed by atoms with Crippen LogP contribution in [0.1, 0.15) is 129 Å². The minimum absolute atomic E-state index is 0.108. The number of hydrogen-bond donors (Lipinski definition) is 4. The van der Waals surface area contributed by atoms with Gasteiger partial charge in [0, 0.05) is 13.0 Å². The zero-order chi connectivity index (χ0) is 29.4. The smallest absolute Gasteiger partial charge is 0.306 e. The van der Waals surface area contributed by atoms with Crippen LogP contribution in [-0.2, 0) is 23.7 Å². The summed E-state index contributed by atoms with van der Waals surface area (Å²) in [6.07, 6.45) is 13.0. The molecule has 40 heavy (non-hydrogen) atoms. The molecular formula is C31H60O9. The van der Waals surface area contributed by atoms with E-state index in [9.17, 15) is 25.2 Å². The molecule has 0 radical (unpaired) electrons. The van der Waals surface area contributed by atoms with Crippen LogP contribution in [0.15, 0.2) is 0 Å². The maximum atomic E-state index is 12.5. The molecule has 0 aromatic carbocycles. The lowest BCUT2D eigenvalue weighted by Crippen LogP contribution is -2.59. The molecule has 1 aliphatic heterocycles. The van der Waals surface area contributed by atoms with E-state index >= 15 is 0 Å². The van der Waals surface area contributed by atoms with Crippen molar-refractivity contribution in [1.82, 2.24) is 0 Å². The normalized spacial score (nSPS) is 23.8. The maximum Gasteiger partial charge on any atom is 0.306 e. The second kappa shape index (κ2) is 24.8. The lowest BCUT2D eigenvalue weighted by molar-refractivity contribution is -0.305. The van der Waals surface area contributed by atoms with E-state index in [4.69, 9.17) is 18.9 Å². The molecule has 6 atom stereocenters. The molecule has 1 rings (SSSR count). The van der Waals surface area contributed by atoms with Crippen LogP contribution in [0.3, 0.4) is 0 Å². The first-order valence-electron chi connectivity index (χ1n) is 16.1. The van der Waals surface area contributed by atoms with Crippen LogP contribution in [0.2, 0.25) is 0 Å². The molecule has 1 heterocycles. The minimum atomic E-state index is -1.53. The van der Waals surface area contributed by atoms with Crippen molar-refractivity contribution in [2.75, 3.05) is 26.4 Å². The predicted molar refractivity (Wildman–Crippen MR) is 155 cm³/mol. The third-order valence-corrected chi connectivity index (χ3v) is 7.52. The van der Waals surface area contributed by atoms with Gasteiger partial charge in [-0.3, -0.25) is 4.79 Å². The summed E-state index contributed by atoms with van der Waals surface area (Å²) in [5, 5.41) is 39.6. The number of rotatable bonds is 26. The number of esters is 1. The number of hydrogen-bond acceptors (Lipinski definition) is 9. The molecule has 0 aromatic rings. The number of unbranched alkanes of at least 4 members (excludes halogenated alkanes) is 15. The van der Waals surface area contributed by atoms with Gasteiger partial charge < -0.3 is 39.4 Å². The van der Waals surface area contributed by atoms with E-state index in [1.165, 1.54) is 77.0 Å². The summed E-state index contributed by atoms with van der Waals surface area (Å²) in [7, 11) is 0. The van der Waals surface area contributed by atoms with E-state index in [0.29, 0.717) is 13.0 Å². The van der Waals surface area contributed by atoms with Gasteiger partial charge in [-0.05, 0) is 12.8 Å². The highest BCUT2D eigenvalue weighted by atomic mass is 16.7. The monoisotopic (exact) mass is 576 g/mol. The summed E-state index contributed by atoms with van der Waals surface area (Å²) in [6, 6.07) is 0. The molecule has 0 bridgehead atoms. The van der Waals surface area contributed by atoms with Crippen LogP contribution < -0.4 is 0 Å². The molecule has 4 N–H and O–H groups in total. The Morgan fingerprint density at radius 3 is 1.77 bits per heavy atom. The summed E-state index contributed by atoms with van der Waals surface area (Å²) in [5.41, 5.74) is 0. The second-order valence-corrected chi connectivity index (χ2v) is 11.3. The lowest BCUT2D eigenvalue weighted by atomic mass is 9.99. The number of aliphatic hydroxyl groups excluding tert-OH is 4. The van der Waals surface area contributed by atoms with Crippen LogP contribution >= 0.6 is 0 Å². The first-order valence-corrected chi connectivity index (χ1v) is 16.1. The van der Waals surface area contributed by atoms with E-state index in [1.807, 2.05) is 0 Å². The summed E-state index contributed by atoms with van der Waals surface area (Å²) >= 11 is 0. The highest BCUT2D eigenvalue weighted by Gasteiger charge is 2.44. The average molecular weight is 577 g/mol. The fraction of sp³-hybridized carbons (Fsp3) is 0.968. The number of carbonyl (C=O) groups is 1. The zero-order valence-corrected chi connectivity index (χ0v) is 25.4. The van der Waals surface area contributed by atoms with Crippen LogP contribution in [0, 0.1) is 0 Å². The second-order valence-electron chi connectivity index (χ2n) is 11.3. The quantitative estimate of drug-likeness (QED) is 0.0846. The molecular weight excluding hydrogens is 516 g/mol. The molecule has 0 amide bonds. The van der Waals surface area contributed by atoms with Gasteiger partial charge in [-0.25, -0.2) is 0 Å². The molecule has 238 valence electrons. The van der Waals surface area contributed by atoms with Crippen molar-refractivity contribution in [3.8, 4) is 0 Å². The Bertz CT molecular complexity index is 589. The van der Waals surface area contributed by atoms with Gasteiger partial charge in [0.05, 0.1) is 19.8 Å². The largest absolute Gasteiger partial charge is 0.457 e. The van der Waals surface area contributed by atoms with E-state index in [2.05, 4.69) is 13.8 Å². The third-order valence-electron chi connectivity index (χ3n) is 7.52. The SMILES string of the molecule is CCCCCCCCCCCCCOCC(COC1OC(CO)C(O)C(O)C1O)OC(=O)CCCCCCCC. The highest BCUT2D eigenvalue weighted by molar-refractivity contribution is 5.69. The summed E-state index contributed by atoms with van der Waals surface area (Å²) in [5.74, 6) is -0.323. The first-order chi connectivity index (χ1) is 19.4. The van der Waals surface area contributed by atoms with Gasteiger partial charge in [0.2, 0.25) is 0 Å². The van der Waals surface area contributed by atoms with Gasteiger partial charge in [0.25, 0.3) is 0 Å². The molecule has 9 nitrogen and oxygen atoms in total. The van der Waals surface area contributed by atoms with Crippen LogP contribution in [-0.4, -0.2) is 89.6 Å².